The maximum absolute atomic E-state index is 11.3. The molecule has 0 aliphatic rings. The molecule has 266 valence electrons. The maximum Gasteiger partial charge on any atom is 0.194 e. The monoisotopic (exact) mass is 721 g/mol. The van der Waals surface area contributed by atoms with Crippen molar-refractivity contribution in [3.63, 3.8) is 0 Å². The van der Waals surface area contributed by atoms with Crippen LogP contribution in [0.5, 0.6) is 0 Å². The lowest BCUT2D eigenvalue weighted by Crippen LogP contribution is -2.09. The summed E-state index contributed by atoms with van der Waals surface area (Å²) in [4.78, 5) is 23.4. The van der Waals surface area contributed by atoms with Crippen LogP contribution in [0.25, 0.3) is 29.1 Å². The van der Waals surface area contributed by atoms with E-state index in [0.29, 0.717) is 27.9 Å². The van der Waals surface area contributed by atoms with Crippen LogP contribution in [0.1, 0.15) is 38.2 Å². The molecule has 0 fully saturated rings. The molecule has 0 bridgehead atoms. The summed E-state index contributed by atoms with van der Waals surface area (Å²) in [6.07, 6.45) is 8.50. The lowest BCUT2D eigenvalue weighted by atomic mass is 10.0. The third kappa shape index (κ3) is 8.27. The zero-order chi connectivity index (χ0) is 38.7. The van der Waals surface area contributed by atoms with Gasteiger partial charge in [-0.25, -0.2) is 4.85 Å². The van der Waals surface area contributed by atoms with Gasteiger partial charge in [-0.3, -0.25) is 9.79 Å². The Morgan fingerprint density at radius 1 is 0.536 bits per heavy atom. The highest BCUT2D eigenvalue weighted by molar-refractivity contribution is 5.85. The van der Waals surface area contributed by atoms with E-state index < -0.39 is 0 Å². The minimum atomic E-state index is 0.456. The second kappa shape index (κ2) is 17.2. The normalized spacial score (nSPS) is 10.8. The van der Waals surface area contributed by atoms with Gasteiger partial charge in [0, 0.05) is 39.7 Å². The first-order valence-electron chi connectivity index (χ1n) is 17.9. The summed E-state index contributed by atoms with van der Waals surface area (Å²) in [7, 11) is 0. The van der Waals surface area contributed by atoms with Gasteiger partial charge in [0.1, 0.15) is 6.29 Å². The van der Waals surface area contributed by atoms with E-state index >= 15 is 0 Å². The van der Waals surface area contributed by atoms with Crippen molar-refractivity contribution in [3.05, 3.63) is 215 Å². The second-order valence-electron chi connectivity index (χ2n) is 12.8. The van der Waals surface area contributed by atoms with E-state index in [-0.39, 0.29) is 0 Å². The summed E-state index contributed by atoms with van der Waals surface area (Å²) in [5.74, 6) is 0. The Balaban J connectivity index is 1.10. The predicted octanol–water partition coefficient (Wildman–Crippen LogP) is 13.5. The first kappa shape index (κ1) is 36.3. The molecule has 7 rings (SSSR count). The fourth-order valence-corrected chi connectivity index (χ4v) is 6.38. The largest absolute Gasteiger partial charge is 0.311 e. The molecule has 0 aliphatic heterocycles. The van der Waals surface area contributed by atoms with E-state index in [9.17, 15) is 10.1 Å². The van der Waals surface area contributed by atoms with Crippen LogP contribution in [-0.2, 0) is 0 Å². The standard InChI is InChI=1S/C50H35N5O/c1-52-43-23-31-49(32-24-43)55(45-11-7-4-8-12-45)47-25-15-37(16-26-47)13-21-40-34-50(53-2)41(33-42(40)35-51)22-14-38-17-27-46(28-18-38)54(44-9-5-3-6-10-44)48-29-19-39(36-56)20-30-48/h3-34,36H,1H2/b21-13+,22-14+. The Morgan fingerprint density at radius 3 is 1.36 bits per heavy atom. The molecular weight excluding hydrogens is 687 g/mol. The van der Waals surface area contributed by atoms with Gasteiger partial charge in [0.05, 0.1) is 23.9 Å². The molecular formula is C50H35N5O. The van der Waals surface area contributed by atoms with Crippen molar-refractivity contribution in [3.8, 4) is 6.07 Å². The molecule has 0 saturated heterocycles. The highest BCUT2D eigenvalue weighted by Gasteiger charge is 2.14. The number of nitriles is 1. The Labute approximate surface area is 327 Å². The van der Waals surface area contributed by atoms with Gasteiger partial charge in [-0.05, 0) is 138 Å². The molecule has 7 aromatic rings. The van der Waals surface area contributed by atoms with Crippen molar-refractivity contribution in [2.45, 2.75) is 0 Å². The van der Waals surface area contributed by atoms with Gasteiger partial charge >= 0.3 is 0 Å². The van der Waals surface area contributed by atoms with E-state index in [0.717, 1.165) is 57.2 Å². The lowest BCUT2D eigenvalue weighted by molar-refractivity contribution is 0.112. The maximum atomic E-state index is 11.3. The van der Waals surface area contributed by atoms with Gasteiger partial charge in [0.25, 0.3) is 0 Å². The predicted molar refractivity (Wildman–Crippen MR) is 232 cm³/mol. The summed E-state index contributed by atoms with van der Waals surface area (Å²) in [6, 6.07) is 57.8. The highest BCUT2D eigenvalue weighted by Crippen LogP contribution is 2.37. The van der Waals surface area contributed by atoms with Crippen molar-refractivity contribution >= 4 is 82.8 Å². The van der Waals surface area contributed by atoms with Gasteiger partial charge in [0.2, 0.25) is 0 Å². The van der Waals surface area contributed by atoms with Gasteiger partial charge in [-0.15, -0.1) is 0 Å². The molecule has 56 heavy (non-hydrogen) atoms. The number of nitrogens with zero attached hydrogens (tertiary/aromatic N) is 5. The van der Waals surface area contributed by atoms with E-state index in [4.69, 9.17) is 6.57 Å². The second-order valence-corrected chi connectivity index (χ2v) is 12.8. The fourth-order valence-electron chi connectivity index (χ4n) is 6.38. The first-order valence-corrected chi connectivity index (χ1v) is 17.9. The number of benzene rings is 7. The Morgan fingerprint density at radius 2 is 0.946 bits per heavy atom. The number of aliphatic imine (C=N–C) groups is 1. The summed E-state index contributed by atoms with van der Waals surface area (Å²) < 4.78 is 0. The molecule has 0 unspecified atom stereocenters. The van der Waals surface area contributed by atoms with Crippen molar-refractivity contribution in [1.82, 2.24) is 0 Å². The van der Waals surface area contributed by atoms with Gasteiger partial charge in [-0.1, -0.05) is 85.0 Å². The average molecular weight is 722 g/mol. The molecule has 0 radical (unpaired) electrons. The minimum Gasteiger partial charge on any atom is -0.311 e. The van der Waals surface area contributed by atoms with E-state index in [2.05, 4.69) is 56.7 Å². The Kier molecular flexibility index (Phi) is 11.1. The molecule has 0 saturated carbocycles. The van der Waals surface area contributed by atoms with Crippen LogP contribution < -0.4 is 9.80 Å². The van der Waals surface area contributed by atoms with E-state index in [1.807, 2.05) is 158 Å². The highest BCUT2D eigenvalue weighted by atomic mass is 16.1. The van der Waals surface area contributed by atoms with Crippen LogP contribution >= 0.6 is 0 Å². The van der Waals surface area contributed by atoms with Crippen LogP contribution in [0.3, 0.4) is 0 Å². The molecule has 0 aliphatic carbocycles. The summed E-state index contributed by atoms with van der Waals surface area (Å²) in [5, 5.41) is 10.1. The lowest BCUT2D eigenvalue weighted by Gasteiger charge is -2.25. The minimum absolute atomic E-state index is 0.456. The quantitative estimate of drug-likeness (QED) is 0.0545. The summed E-state index contributed by atoms with van der Waals surface area (Å²) in [6.45, 7) is 11.6. The number of carbonyl (C=O) groups is 1. The molecule has 0 N–H and O–H groups in total. The fraction of sp³-hybridized carbons (Fsp3) is 0. The Hall–Kier alpha value is -8.06. The van der Waals surface area contributed by atoms with Crippen LogP contribution in [0.2, 0.25) is 0 Å². The molecule has 0 spiro atoms. The average Bonchev–Trinajstić information content (AvgIpc) is 3.27. The van der Waals surface area contributed by atoms with Crippen LogP contribution in [0.4, 0.5) is 45.5 Å². The first-order chi connectivity index (χ1) is 27.6. The molecule has 0 atom stereocenters. The van der Waals surface area contributed by atoms with E-state index in [1.165, 1.54) is 0 Å². The van der Waals surface area contributed by atoms with Gasteiger partial charge < -0.3 is 9.80 Å². The third-order valence-corrected chi connectivity index (χ3v) is 9.26. The number of rotatable bonds is 12. The van der Waals surface area contributed by atoms with E-state index in [1.54, 1.807) is 12.1 Å². The number of hydrogen-bond acceptors (Lipinski definition) is 5. The number of carbonyl (C=O) groups excluding carboxylic acids is 1. The van der Waals surface area contributed by atoms with Crippen molar-refractivity contribution in [1.29, 1.82) is 5.26 Å². The molecule has 7 aromatic carbocycles. The summed E-state index contributed by atoms with van der Waals surface area (Å²) >= 11 is 0. The molecule has 0 aromatic heterocycles. The SMILES string of the molecule is [C-]#[N+]c1cc(/C=C/c2ccc(N(c3ccccc3)c3ccc(N=C)cc3)cc2)c(C#N)cc1/C=C/c1ccc(N(c2ccccc2)c2ccc(C=O)cc2)cc1. The van der Waals surface area contributed by atoms with Gasteiger partial charge in [-0.2, -0.15) is 5.26 Å². The topological polar surface area (TPSA) is 64.1 Å². The zero-order valence-electron chi connectivity index (χ0n) is 30.4. The third-order valence-electron chi connectivity index (χ3n) is 9.26. The zero-order valence-corrected chi connectivity index (χ0v) is 30.4. The van der Waals surface area contributed by atoms with Crippen LogP contribution in [0, 0.1) is 17.9 Å². The molecule has 6 nitrogen and oxygen atoms in total. The molecule has 6 heteroatoms. The van der Waals surface area contributed by atoms with Crippen LogP contribution in [-0.4, -0.2) is 13.0 Å². The number of aldehydes is 1. The van der Waals surface area contributed by atoms with Crippen LogP contribution in [0.15, 0.2) is 175 Å². The number of para-hydroxylation sites is 2. The Bertz CT molecular complexity index is 2410. The van der Waals surface area contributed by atoms with Crippen molar-refractivity contribution < 1.29 is 4.79 Å². The van der Waals surface area contributed by atoms with Crippen molar-refractivity contribution in [2.75, 3.05) is 9.80 Å². The molecule has 0 amide bonds. The smallest absolute Gasteiger partial charge is 0.194 e. The number of hydrogen-bond donors (Lipinski definition) is 0. The van der Waals surface area contributed by atoms with Crippen molar-refractivity contribution in [2.24, 2.45) is 4.99 Å². The van der Waals surface area contributed by atoms with Gasteiger partial charge in [0.15, 0.2) is 5.69 Å². The number of anilines is 6. The molecule has 0 heterocycles. The summed E-state index contributed by atoms with van der Waals surface area (Å²) in [5.41, 5.74) is 11.5.